The first kappa shape index (κ1) is 21.1. The molecule has 0 radical (unpaired) electrons. The van der Waals surface area contributed by atoms with E-state index in [2.05, 4.69) is 5.32 Å². The van der Waals surface area contributed by atoms with E-state index in [1.165, 1.54) is 0 Å². The predicted molar refractivity (Wildman–Crippen MR) is 110 cm³/mol. The lowest BCUT2D eigenvalue weighted by molar-refractivity contribution is -0.128. The summed E-state index contributed by atoms with van der Waals surface area (Å²) < 4.78 is 35.6. The van der Waals surface area contributed by atoms with Crippen molar-refractivity contribution in [3.8, 4) is 5.75 Å². The summed E-state index contributed by atoms with van der Waals surface area (Å²) >= 11 is 0. The Labute approximate surface area is 176 Å². The number of amides is 2. The van der Waals surface area contributed by atoms with E-state index < -0.39 is 27.0 Å². The third-order valence-corrected chi connectivity index (χ3v) is 8.25. The molecule has 1 spiro atoms. The van der Waals surface area contributed by atoms with Crippen LogP contribution in [0, 0.1) is 0 Å². The van der Waals surface area contributed by atoms with Gasteiger partial charge in [0.25, 0.3) is 5.91 Å². The van der Waals surface area contributed by atoms with Crippen LogP contribution >= 0.6 is 0 Å². The first-order chi connectivity index (χ1) is 14.1. The van der Waals surface area contributed by atoms with Gasteiger partial charge in [0.15, 0.2) is 9.84 Å². The van der Waals surface area contributed by atoms with Crippen LogP contribution in [0.5, 0.6) is 5.75 Å². The van der Waals surface area contributed by atoms with Crippen LogP contribution in [0.4, 0.5) is 0 Å². The maximum absolute atomic E-state index is 13.4. The van der Waals surface area contributed by atoms with Crippen molar-refractivity contribution in [2.24, 2.45) is 0 Å². The molecule has 2 fully saturated rings. The maximum atomic E-state index is 13.4. The van der Waals surface area contributed by atoms with Crippen LogP contribution in [-0.4, -0.2) is 73.6 Å². The number of para-hydroxylation sites is 1. The molecule has 30 heavy (non-hydrogen) atoms. The van der Waals surface area contributed by atoms with Crippen LogP contribution in [0.15, 0.2) is 24.3 Å². The molecule has 2 saturated heterocycles. The number of carbonyl (C=O) groups is 2. The molecule has 1 aromatic carbocycles. The Balaban J connectivity index is 1.61. The second-order valence-corrected chi connectivity index (χ2v) is 11.1. The van der Waals surface area contributed by atoms with E-state index in [0.717, 1.165) is 0 Å². The number of carbonyl (C=O) groups excluding carboxylic acids is 2. The molecule has 8 nitrogen and oxygen atoms in total. The molecular formula is C21H28N2O6S. The largest absolute Gasteiger partial charge is 0.484 e. The van der Waals surface area contributed by atoms with Crippen LogP contribution < -0.4 is 10.1 Å². The van der Waals surface area contributed by atoms with Gasteiger partial charge in [-0.3, -0.25) is 9.59 Å². The Kier molecular flexibility index (Phi) is 5.30. The van der Waals surface area contributed by atoms with E-state index in [9.17, 15) is 18.0 Å². The summed E-state index contributed by atoms with van der Waals surface area (Å²) in [5, 5.41) is 2.89. The second kappa shape index (κ2) is 7.53. The van der Waals surface area contributed by atoms with Gasteiger partial charge in [0.2, 0.25) is 5.91 Å². The molecule has 2 unspecified atom stereocenters. The number of hydrogen-bond acceptors (Lipinski definition) is 6. The highest BCUT2D eigenvalue weighted by molar-refractivity contribution is 7.91. The van der Waals surface area contributed by atoms with Crippen LogP contribution in [0.3, 0.4) is 0 Å². The van der Waals surface area contributed by atoms with Crippen LogP contribution in [0.2, 0.25) is 0 Å². The molecule has 2 amide bonds. The van der Waals surface area contributed by atoms with Gasteiger partial charge in [0, 0.05) is 12.8 Å². The lowest BCUT2D eigenvalue weighted by atomic mass is 9.92. The highest BCUT2D eigenvalue weighted by Crippen LogP contribution is 2.36. The molecule has 1 aromatic rings. The number of fused-ring (bicyclic) bond motifs is 1. The Morgan fingerprint density at radius 3 is 2.57 bits per heavy atom. The summed E-state index contributed by atoms with van der Waals surface area (Å²) in [4.78, 5) is 28.0. The Hall–Kier alpha value is -2.13. The van der Waals surface area contributed by atoms with E-state index in [1.54, 1.807) is 36.9 Å². The standard InChI is InChI=1S/C21H28N2O6S/c1-15(18(24)22-20(2)9-12-30(26,27)14-20)23-13-21(7-10-28-11-8-21)29-17-6-4-3-5-16(17)19(23)25/h3-6,15H,7-14H2,1-2H3,(H,22,24). The highest BCUT2D eigenvalue weighted by Gasteiger charge is 2.46. The molecule has 0 bridgehead atoms. The van der Waals surface area contributed by atoms with E-state index in [0.29, 0.717) is 43.8 Å². The van der Waals surface area contributed by atoms with E-state index in [-0.39, 0.29) is 29.9 Å². The fourth-order valence-corrected chi connectivity index (χ4v) is 6.60. The van der Waals surface area contributed by atoms with Crippen molar-refractivity contribution < 1.29 is 27.5 Å². The van der Waals surface area contributed by atoms with Gasteiger partial charge >= 0.3 is 0 Å². The number of hydrogen-bond donors (Lipinski definition) is 1. The van der Waals surface area contributed by atoms with Gasteiger partial charge in [-0.2, -0.15) is 0 Å². The van der Waals surface area contributed by atoms with Crippen molar-refractivity contribution in [3.63, 3.8) is 0 Å². The van der Waals surface area contributed by atoms with Crippen LogP contribution in [0.25, 0.3) is 0 Å². The molecule has 3 heterocycles. The molecule has 3 aliphatic heterocycles. The van der Waals surface area contributed by atoms with E-state index >= 15 is 0 Å². The van der Waals surface area contributed by atoms with Crippen LogP contribution in [-0.2, 0) is 19.4 Å². The Bertz CT molecular complexity index is 956. The number of nitrogens with one attached hydrogen (secondary N) is 1. The lowest BCUT2D eigenvalue weighted by Gasteiger charge is -2.40. The first-order valence-corrected chi connectivity index (χ1v) is 12.1. The molecule has 0 aromatic heterocycles. The van der Waals surface area contributed by atoms with E-state index in [1.807, 2.05) is 6.07 Å². The first-order valence-electron chi connectivity index (χ1n) is 10.3. The topological polar surface area (TPSA) is 102 Å². The van der Waals surface area contributed by atoms with Crippen molar-refractivity contribution >= 4 is 21.7 Å². The molecule has 164 valence electrons. The van der Waals surface area contributed by atoms with Crippen molar-refractivity contribution in [3.05, 3.63) is 29.8 Å². The van der Waals surface area contributed by atoms with Crippen molar-refractivity contribution in [1.29, 1.82) is 0 Å². The minimum atomic E-state index is -3.16. The summed E-state index contributed by atoms with van der Waals surface area (Å²) in [6.45, 7) is 4.75. The third kappa shape index (κ3) is 4.05. The van der Waals surface area contributed by atoms with Crippen molar-refractivity contribution in [2.45, 2.75) is 50.3 Å². The summed E-state index contributed by atoms with van der Waals surface area (Å²) in [6.07, 6.45) is 1.61. The SMILES string of the molecule is CC(C(=O)NC1(C)CCS(=O)(=O)C1)N1CC2(CCOCC2)Oc2ccccc2C1=O. The average molecular weight is 437 g/mol. The maximum Gasteiger partial charge on any atom is 0.258 e. The number of benzene rings is 1. The van der Waals surface area contributed by atoms with Gasteiger partial charge in [-0.25, -0.2) is 8.42 Å². The number of rotatable bonds is 3. The Morgan fingerprint density at radius 1 is 1.20 bits per heavy atom. The minimum absolute atomic E-state index is 0.0606. The minimum Gasteiger partial charge on any atom is -0.484 e. The number of sulfone groups is 1. The quantitative estimate of drug-likeness (QED) is 0.763. The fourth-order valence-electron chi connectivity index (χ4n) is 4.50. The average Bonchev–Trinajstić information content (AvgIpc) is 2.92. The van der Waals surface area contributed by atoms with Gasteiger partial charge in [-0.05, 0) is 32.4 Å². The Morgan fingerprint density at radius 2 is 1.90 bits per heavy atom. The summed E-state index contributed by atoms with van der Waals surface area (Å²) in [5.41, 5.74) is -1.00. The normalized spacial score (nSPS) is 28.3. The number of nitrogens with zero attached hydrogens (tertiary/aromatic N) is 1. The molecule has 1 N–H and O–H groups in total. The van der Waals surface area contributed by atoms with Crippen molar-refractivity contribution in [1.82, 2.24) is 10.2 Å². The molecule has 0 aliphatic carbocycles. The van der Waals surface area contributed by atoms with Crippen LogP contribution in [0.1, 0.15) is 43.5 Å². The van der Waals surface area contributed by atoms with Crippen molar-refractivity contribution in [2.75, 3.05) is 31.3 Å². The zero-order chi connectivity index (χ0) is 21.6. The summed E-state index contributed by atoms with van der Waals surface area (Å²) in [6, 6.07) is 6.32. The van der Waals surface area contributed by atoms with Gasteiger partial charge in [0.05, 0.1) is 42.4 Å². The molecule has 4 rings (SSSR count). The van der Waals surface area contributed by atoms with E-state index in [4.69, 9.17) is 9.47 Å². The van der Waals surface area contributed by atoms with Gasteiger partial charge in [-0.15, -0.1) is 0 Å². The monoisotopic (exact) mass is 436 g/mol. The molecule has 0 saturated carbocycles. The zero-order valence-electron chi connectivity index (χ0n) is 17.3. The van der Waals surface area contributed by atoms with Gasteiger partial charge in [-0.1, -0.05) is 12.1 Å². The predicted octanol–water partition coefficient (Wildman–Crippen LogP) is 1.15. The second-order valence-electron chi connectivity index (χ2n) is 8.89. The zero-order valence-corrected chi connectivity index (χ0v) is 18.2. The molecule has 9 heteroatoms. The molecular weight excluding hydrogens is 408 g/mol. The summed E-state index contributed by atoms with van der Waals surface area (Å²) in [5.74, 6) is -0.121. The molecule has 3 aliphatic rings. The fraction of sp³-hybridized carbons (Fsp3) is 0.619. The number of ether oxygens (including phenoxy) is 2. The third-order valence-electron chi connectivity index (χ3n) is 6.34. The molecule has 2 atom stereocenters. The smallest absolute Gasteiger partial charge is 0.258 e. The van der Waals surface area contributed by atoms with Gasteiger partial charge in [0.1, 0.15) is 17.4 Å². The van der Waals surface area contributed by atoms with Gasteiger partial charge < -0.3 is 19.7 Å². The highest BCUT2D eigenvalue weighted by atomic mass is 32.2. The lowest BCUT2D eigenvalue weighted by Crippen LogP contribution is -2.58. The summed E-state index contributed by atoms with van der Waals surface area (Å²) in [7, 11) is -3.16.